The van der Waals surface area contributed by atoms with Gasteiger partial charge in [0.1, 0.15) is 27.8 Å². The highest BCUT2D eigenvalue weighted by Gasteiger charge is 2.42. The van der Waals surface area contributed by atoms with Crippen LogP contribution in [0, 0.1) is 5.82 Å². The third-order valence-corrected chi connectivity index (χ3v) is 5.12. The third kappa shape index (κ3) is 4.28. The summed E-state index contributed by atoms with van der Waals surface area (Å²) in [5, 5.41) is 9.13. The zero-order valence-electron chi connectivity index (χ0n) is 12.3. The lowest BCUT2D eigenvalue weighted by Gasteiger charge is -2.35. The molecule has 0 aliphatic heterocycles. The summed E-state index contributed by atoms with van der Waals surface area (Å²) in [7, 11) is -1.67. The van der Waals surface area contributed by atoms with E-state index in [9.17, 15) is 13.0 Å². The molecule has 0 saturated heterocycles. The molecule has 0 spiro atoms. The number of aliphatic hydroxyl groups excluding tert-OH is 1. The SMILES string of the molecule is CC(C)(C)[S@@](=O)N[C@](C)(c1nc(Br)ccc1F)[C@@H](F)CO. The van der Waals surface area contributed by atoms with Gasteiger partial charge in [0.2, 0.25) is 0 Å². The maximum absolute atomic E-state index is 14.3. The van der Waals surface area contributed by atoms with Crippen LogP contribution in [0.4, 0.5) is 8.78 Å². The molecule has 4 nitrogen and oxygen atoms in total. The monoisotopic (exact) mass is 384 g/mol. The van der Waals surface area contributed by atoms with Crippen LogP contribution in [-0.2, 0) is 16.5 Å². The van der Waals surface area contributed by atoms with Crippen molar-refractivity contribution >= 4 is 26.9 Å². The number of nitrogens with one attached hydrogen (secondary N) is 1. The van der Waals surface area contributed by atoms with E-state index in [2.05, 4.69) is 25.6 Å². The molecule has 2 N–H and O–H groups in total. The number of nitrogens with zero attached hydrogens (tertiary/aromatic N) is 1. The molecule has 0 aliphatic rings. The predicted octanol–water partition coefficient (Wildman–Crippen LogP) is 2.58. The van der Waals surface area contributed by atoms with E-state index in [1.807, 2.05) is 0 Å². The lowest BCUT2D eigenvalue weighted by Crippen LogP contribution is -2.53. The van der Waals surface area contributed by atoms with Gasteiger partial charge in [-0.25, -0.2) is 22.7 Å². The number of hydrogen-bond donors (Lipinski definition) is 2. The van der Waals surface area contributed by atoms with Gasteiger partial charge in [0, 0.05) is 0 Å². The van der Waals surface area contributed by atoms with Crippen molar-refractivity contribution in [1.82, 2.24) is 9.71 Å². The molecule has 8 heteroatoms. The first-order valence-corrected chi connectivity index (χ1v) is 8.23. The highest BCUT2D eigenvalue weighted by atomic mass is 79.9. The molecule has 0 amide bonds. The number of halogens is 3. The first-order chi connectivity index (χ1) is 9.52. The fourth-order valence-corrected chi connectivity index (χ4v) is 2.80. The summed E-state index contributed by atoms with van der Waals surface area (Å²) in [6.07, 6.45) is -1.87. The Kier molecular flexibility index (Phi) is 5.99. The van der Waals surface area contributed by atoms with Gasteiger partial charge < -0.3 is 5.11 Å². The van der Waals surface area contributed by atoms with Crippen LogP contribution in [0.1, 0.15) is 33.4 Å². The van der Waals surface area contributed by atoms with Crippen LogP contribution < -0.4 is 4.72 Å². The number of alkyl halides is 1. The van der Waals surface area contributed by atoms with Gasteiger partial charge in [0.05, 0.1) is 22.3 Å². The molecule has 1 rings (SSSR count). The molecule has 0 bridgehead atoms. The van der Waals surface area contributed by atoms with Gasteiger partial charge >= 0.3 is 0 Å². The minimum Gasteiger partial charge on any atom is -0.393 e. The van der Waals surface area contributed by atoms with E-state index >= 15 is 0 Å². The maximum Gasteiger partial charge on any atom is 0.147 e. The summed E-state index contributed by atoms with van der Waals surface area (Å²) >= 11 is 3.10. The Hall–Kier alpha value is -0.440. The second-order valence-corrected chi connectivity index (χ2v) is 8.58. The van der Waals surface area contributed by atoms with Crippen LogP contribution >= 0.6 is 15.9 Å². The molecule has 120 valence electrons. The molecule has 21 heavy (non-hydrogen) atoms. The van der Waals surface area contributed by atoms with E-state index in [-0.39, 0.29) is 5.69 Å². The highest BCUT2D eigenvalue weighted by molar-refractivity contribution is 9.10. The van der Waals surface area contributed by atoms with Crippen LogP contribution in [0.3, 0.4) is 0 Å². The normalized spacial score (nSPS) is 18.1. The van der Waals surface area contributed by atoms with Crippen molar-refractivity contribution in [3.63, 3.8) is 0 Å². The fraction of sp³-hybridized carbons (Fsp3) is 0.615. The lowest BCUT2D eigenvalue weighted by atomic mass is 9.92. The van der Waals surface area contributed by atoms with Crippen LogP contribution in [0.25, 0.3) is 0 Å². The molecule has 3 atom stereocenters. The van der Waals surface area contributed by atoms with Crippen molar-refractivity contribution in [2.75, 3.05) is 6.61 Å². The second-order valence-electron chi connectivity index (χ2n) is 5.80. The van der Waals surface area contributed by atoms with E-state index in [0.29, 0.717) is 4.60 Å². The Morgan fingerprint density at radius 3 is 2.48 bits per heavy atom. The lowest BCUT2D eigenvalue weighted by molar-refractivity contribution is 0.0995. The van der Waals surface area contributed by atoms with Crippen molar-refractivity contribution in [3.05, 3.63) is 28.2 Å². The molecular weight excluding hydrogens is 366 g/mol. The van der Waals surface area contributed by atoms with Gasteiger partial charge in [-0.2, -0.15) is 0 Å². The van der Waals surface area contributed by atoms with E-state index < -0.39 is 39.9 Å². The maximum atomic E-state index is 14.3. The summed E-state index contributed by atoms with van der Waals surface area (Å²) in [6.45, 7) is 5.59. The molecule has 0 unspecified atom stereocenters. The van der Waals surface area contributed by atoms with Gasteiger partial charge in [-0.3, -0.25) is 0 Å². The third-order valence-electron chi connectivity index (χ3n) is 2.95. The standard InChI is InChI=1S/C13H19BrF2N2O2S/c1-12(2,3)21(20)18-13(4,9(16)7-19)11-8(15)5-6-10(14)17-11/h5-6,9,18-19H,7H2,1-4H3/t9-,13-,21+/m0/s1. The predicted molar refractivity (Wildman–Crippen MR) is 82.3 cm³/mol. The fourth-order valence-electron chi connectivity index (χ4n) is 1.57. The van der Waals surface area contributed by atoms with Gasteiger partial charge in [-0.15, -0.1) is 0 Å². The molecule has 0 fully saturated rings. The minimum atomic E-state index is -1.87. The first kappa shape index (κ1) is 18.6. The molecule has 0 aromatic carbocycles. The summed E-state index contributed by atoms with van der Waals surface area (Å²) < 4.78 is 42.8. The Bertz CT molecular complexity index is 539. The van der Waals surface area contributed by atoms with Gasteiger partial charge in [-0.1, -0.05) is 0 Å². The average Bonchev–Trinajstić information content (AvgIpc) is 2.39. The molecule has 0 saturated carbocycles. The number of pyridine rings is 1. The number of rotatable bonds is 5. The Labute approximate surface area is 134 Å². The van der Waals surface area contributed by atoms with Crippen LogP contribution in [0.2, 0.25) is 0 Å². The Morgan fingerprint density at radius 1 is 1.43 bits per heavy atom. The van der Waals surface area contributed by atoms with E-state index in [0.717, 1.165) is 6.07 Å². The zero-order valence-corrected chi connectivity index (χ0v) is 14.7. The first-order valence-electron chi connectivity index (χ1n) is 6.29. The molecule has 1 heterocycles. The summed E-state index contributed by atoms with van der Waals surface area (Å²) in [5.41, 5.74) is -1.96. The minimum absolute atomic E-state index is 0.240. The van der Waals surface area contributed by atoms with Gasteiger partial charge in [-0.05, 0) is 55.8 Å². The van der Waals surface area contributed by atoms with E-state index in [1.54, 1.807) is 20.8 Å². The summed E-state index contributed by atoms with van der Waals surface area (Å²) in [5.74, 6) is -0.741. The second kappa shape index (κ2) is 6.76. The highest BCUT2D eigenvalue weighted by Crippen LogP contribution is 2.30. The number of aliphatic hydroxyl groups is 1. The topological polar surface area (TPSA) is 62.2 Å². The van der Waals surface area contributed by atoms with E-state index in [1.165, 1.54) is 13.0 Å². The Balaban J connectivity index is 3.34. The smallest absolute Gasteiger partial charge is 0.147 e. The van der Waals surface area contributed by atoms with Gasteiger partial charge in [0.15, 0.2) is 0 Å². The van der Waals surface area contributed by atoms with Crippen LogP contribution in [0.15, 0.2) is 16.7 Å². The number of aromatic nitrogens is 1. The van der Waals surface area contributed by atoms with Crippen molar-refractivity contribution in [1.29, 1.82) is 0 Å². The van der Waals surface area contributed by atoms with Crippen molar-refractivity contribution in [2.24, 2.45) is 0 Å². The van der Waals surface area contributed by atoms with Crippen molar-refractivity contribution in [2.45, 2.75) is 44.2 Å². The average molecular weight is 385 g/mol. The zero-order chi connectivity index (χ0) is 16.4. The van der Waals surface area contributed by atoms with Gasteiger partial charge in [0.25, 0.3) is 0 Å². The van der Waals surface area contributed by atoms with Crippen LogP contribution in [0.5, 0.6) is 0 Å². The largest absolute Gasteiger partial charge is 0.393 e. The molecule has 0 radical (unpaired) electrons. The van der Waals surface area contributed by atoms with Crippen molar-refractivity contribution in [3.8, 4) is 0 Å². The number of hydrogen-bond acceptors (Lipinski definition) is 3. The molecule has 0 aliphatic carbocycles. The van der Waals surface area contributed by atoms with Crippen LogP contribution in [-0.4, -0.2) is 31.8 Å². The summed E-state index contributed by atoms with van der Waals surface area (Å²) in [6, 6.07) is 2.52. The summed E-state index contributed by atoms with van der Waals surface area (Å²) in [4.78, 5) is 3.94. The Morgan fingerprint density at radius 2 is 2.00 bits per heavy atom. The molecular formula is C13H19BrF2N2O2S. The molecule has 1 aromatic rings. The molecule has 1 aromatic heterocycles. The quantitative estimate of drug-likeness (QED) is 0.766. The van der Waals surface area contributed by atoms with Crippen molar-refractivity contribution < 1.29 is 18.1 Å². The van der Waals surface area contributed by atoms with E-state index in [4.69, 9.17) is 5.11 Å².